The molecule has 104 valence electrons. The molecule has 0 spiro atoms. The molecule has 2 aromatic carbocycles. The molecule has 0 amide bonds. The lowest BCUT2D eigenvalue weighted by Gasteiger charge is -2.03. The van der Waals surface area contributed by atoms with E-state index in [9.17, 15) is 9.18 Å². The highest BCUT2D eigenvalue weighted by molar-refractivity contribution is 7.99. The van der Waals surface area contributed by atoms with E-state index in [1.165, 1.54) is 22.6 Å². The second-order valence-corrected chi connectivity index (χ2v) is 5.87. The summed E-state index contributed by atoms with van der Waals surface area (Å²) in [4.78, 5) is 13.1. The third-order valence-corrected chi connectivity index (χ3v) is 4.05. The van der Waals surface area contributed by atoms with Gasteiger partial charge in [0.1, 0.15) is 5.82 Å². The second kappa shape index (κ2) is 7.25. The van der Waals surface area contributed by atoms with Crippen LogP contribution in [0.1, 0.15) is 28.8 Å². The molecule has 1 nitrogen and oxygen atoms in total. The van der Waals surface area contributed by atoms with E-state index < -0.39 is 0 Å². The van der Waals surface area contributed by atoms with Gasteiger partial charge in [-0.1, -0.05) is 17.7 Å². The Morgan fingerprint density at radius 3 is 2.60 bits per heavy atom. The Bertz CT molecular complexity index is 578. The molecule has 0 aliphatic carbocycles. The molecule has 0 bridgehead atoms. The first-order chi connectivity index (χ1) is 9.65. The van der Waals surface area contributed by atoms with Crippen LogP contribution < -0.4 is 0 Å². The molecule has 0 saturated carbocycles. The molecule has 3 heteroatoms. The van der Waals surface area contributed by atoms with E-state index in [1.807, 2.05) is 6.07 Å². The average Bonchev–Trinajstić information content (AvgIpc) is 2.44. The number of aryl methyl sites for hydroxylation is 1. The summed E-state index contributed by atoms with van der Waals surface area (Å²) in [6.45, 7) is 2.07. The Kier molecular flexibility index (Phi) is 5.36. The fourth-order valence-electron chi connectivity index (χ4n) is 1.91. The molecule has 0 radical (unpaired) electrons. The van der Waals surface area contributed by atoms with Gasteiger partial charge >= 0.3 is 0 Å². The SMILES string of the molecule is Cc1cccc(SCCCC(=O)c2ccc(F)cc2)c1. The number of benzene rings is 2. The third-order valence-electron chi connectivity index (χ3n) is 2.97. The molecule has 2 aromatic rings. The molecule has 0 aliphatic rings. The smallest absolute Gasteiger partial charge is 0.162 e. The van der Waals surface area contributed by atoms with Crippen LogP contribution in [0, 0.1) is 12.7 Å². The minimum atomic E-state index is -0.309. The van der Waals surface area contributed by atoms with E-state index in [0.717, 1.165) is 12.2 Å². The monoisotopic (exact) mass is 288 g/mol. The standard InChI is InChI=1S/C17H17FOS/c1-13-4-2-5-16(12-13)20-11-3-6-17(19)14-7-9-15(18)10-8-14/h2,4-5,7-10,12H,3,6,11H2,1H3. The summed E-state index contributed by atoms with van der Waals surface area (Å²) >= 11 is 1.76. The number of Topliss-reactive ketones (excluding diaryl/α,β-unsaturated/α-hetero) is 1. The lowest BCUT2D eigenvalue weighted by Crippen LogP contribution is -1.99. The summed E-state index contributed by atoms with van der Waals surface area (Å²) < 4.78 is 12.8. The Labute approximate surface area is 123 Å². The van der Waals surface area contributed by atoms with Crippen LogP contribution in [0.5, 0.6) is 0 Å². The first kappa shape index (κ1) is 14.8. The van der Waals surface area contributed by atoms with Gasteiger partial charge in [-0.05, 0) is 55.5 Å². The number of carbonyl (C=O) groups excluding carboxylic acids is 1. The zero-order valence-electron chi connectivity index (χ0n) is 11.4. The van der Waals surface area contributed by atoms with Crippen LogP contribution in [0.2, 0.25) is 0 Å². The number of thioether (sulfide) groups is 1. The highest BCUT2D eigenvalue weighted by Crippen LogP contribution is 2.20. The highest BCUT2D eigenvalue weighted by Gasteiger charge is 2.05. The van der Waals surface area contributed by atoms with Crippen molar-refractivity contribution in [2.24, 2.45) is 0 Å². The summed E-state index contributed by atoms with van der Waals surface area (Å²) in [5, 5.41) is 0. The summed E-state index contributed by atoms with van der Waals surface area (Å²) in [7, 11) is 0. The zero-order chi connectivity index (χ0) is 14.4. The number of halogens is 1. The molecule has 0 N–H and O–H groups in total. The van der Waals surface area contributed by atoms with Crippen molar-refractivity contribution in [3.63, 3.8) is 0 Å². The quantitative estimate of drug-likeness (QED) is 0.428. The summed E-state index contributed by atoms with van der Waals surface area (Å²) in [6, 6.07) is 14.1. The van der Waals surface area contributed by atoms with E-state index in [4.69, 9.17) is 0 Å². The molecular formula is C17H17FOS. The third kappa shape index (κ3) is 4.49. The minimum Gasteiger partial charge on any atom is -0.294 e. The van der Waals surface area contributed by atoms with Crippen LogP contribution in [0.15, 0.2) is 53.4 Å². The maximum absolute atomic E-state index is 12.8. The summed E-state index contributed by atoms with van der Waals surface area (Å²) in [5.41, 5.74) is 1.84. The van der Waals surface area contributed by atoms with Gasteiger partial charge < -0.3 is 0 Å². The van der Waals surface area contributed by atoms with Crippen molar-refractivity contribution < 1.29 is 9.18 Å². The molecule has 0 atom stereocenters. The van der Waals surface area contributed by atoms with E-state index >= 15 is 0 Å². The zero-order valence-corrected chi connectivity index (χ0v) is 12.3. The maximum atomic E-state index is 12.8. The molecule has 0 fully saturated rings. The molecule has 0 saturated heterocycles. The Hall–Kier alpha value is -1.61. The van der Waals surface area contributed by atoms with Crippen molar-refractivity contribution in [3.8, 4) is 0 Å². The Balaban J connectivity index is 1.76. The van der Waals surface area contributed by atoms with Crippen LogP contribution in [-0.2, 0) is 0 Å². The van der Waals surface area contributed by atoms with Crippen molar-refractivity contribution in [2.45, 2.75) is 24.7 Å². The predicted molar refractivity (Wildman–Crippen MR) is 81.9 cm³/mol. The molecule has 0 aromatic heterocycles. The van der Waals surface area contributed by atoms with E-state index in [-0.39, 0.29) is 11.6 Å². The van der Waals surface area contributed by atoms with Gasteiger partial charge in [0, 0.05) is 16.9 Å². The first-order valence-corrected chi connectivity index (χ1v) is 7.62. The molecule has 0 unspecified atom stereocenters. The number of hydrogen-bond donors (Lipinski definition) is 0. The van der Waals surface area contributed by atoms with Crippen molar-refractivity contribution in [1.29, 1.82) is 0 Å². The van der Waals surface area contributed by atoms with Gasteiger partial charge in [-0.3, -0.25) is 4.79 Å². The number of carbonyl (C=O) groups is 1. The normalized spacial score (nSPS) is 10.5. The number of rotatable bonds is 6. The van der Waals surface area contributed by atoms with Crippen LogP contribution >= 0.6 is 11.8 Å². The van der Waals surface area contributed by atoms with E-state index in [1.54, 1.807) is 23.9 Å². The second-order valence-electron chi connectivity index (χ2n) is 4.70. The van der Waals surface area contributed by atoms with Crippen molar-refractivity contribution in [1.82, 2.24) is 0 Å². The van der Waals surface area contributed by atoms with Gasteiger partial charge in [0.2, 0.25) is 0 Å². The predicted octanol–water partition coefficient (Wildman–Crippen LogP) is 4.89. The molecule has 0 heterocycles. The fourth-order valence-corrected chi connectivity index (χ4v) is 2.88. The summed E-state index contributed by atoms with van der Waals surface area (Å²) in [6.07, 6.45) is 1.33. The van der Waals surface area contributed by atoms with E-state index in [2.05, 4.69) is 25.1 Å². The Morgan fingerprint density at radius 2 is 1.90 bits per heavy atom. The van der Waals surface area contributed by atoms with Crippen LogP contribution in [0.25, 0.3) is 0 Å². The molecule has 2 rings (SSSR count). The highest BCUT2D eigenvalue weighted by atomic mass is 32.2. The van der Waals surface area contributed by atoms with Crippen molar-refractivity contribution in [2.75, 3.05) is 5.75 Å². The van der Waals surface area contributed by atoms with Crippen LogP contribution in [0.4, 0.5) is 4.39 Å². The van der Waals surface area contributed by atoms with Crippen LogP contribution in [0.3, 0.4) is 0 Å². The first-order valence-electron chi connectivity index (χ1n) is 6.63. The van der Waals surface area contributed by atoms with Gasteiger partial charge in [-0.2, -0.15) is 0 Å². The van der Waals surface area contributed by atoms with Gasteiger partial charge in [-0.15, -0.1) is 11.8 Å². The van der Waals surface area contributed by atoms with Gasteiger partial charge in [-0.25, -0.2) is 4.39 Å². The van der Waals surface area contributed by atoms with Crippen LogP contribution in [-0.4, -0.2) is 11.5 Å². The lowest BCUT2D eigenvalue weighted by atomic mass is 10.1. The lowest BCUT2D eigenvalue weighted by molar-refractivity contribution is 0.0982. The van der Waals surface area contributed by atoms with Gasteiger partial charge in [0.25, 0.3) is 0 Å². The molecule has 20 heavy (non-hydrogen) atoms. The van der Waals surface area contributed by atoms with E-state index in [0.29, 0.717) is 12.0 Å². The van der Waals surface area contributed by atoms with Crippen molar-refractivity contribution in [3.05, 3.63) is 65.5 Å². The maximum Gasteiger partial charge on any atom is 0.162 e. The minimum absolute atomic E-state index is 0.0786. The largest absolute Gasteiger partial charge is 0.294 e. The topological polar surface area (TPSA) is 17.1 Å². The molecular weight excluding hydrogens is 271 g/mol. The van der Waals surface area contributed by atoms with Crippen molar-refractivity contribution >= 4 is 17.5 Å². The summed E-state index contributed by atoms with van der Waals surface area (Å²) in [5.74, 6) is 0.683. The average molecular weight is 288 g/mol. The van der Waals surface area contributed by atoms with Gasteiger partial charge in [0.05, 0.1) is 0 Å². The van der Waals surface area contributed by atoms with Gasteiger partial charge in [0.15, 0.2) is 5.78 Å². The number of ketones is 1. The Morgan fingerprint density at radius 1 is 1.15 bits per heavy atom. The fraction of sp³-hybridized carbons (Fsp3) is 0.235. The molecule has 0 aliphatic heterocycles. The number of hydrogen-bond acceptors (Lipinski definition) is 2.